The molecule has 0 aromatic heterocycles. The molecule has 0 saturated heterocycles. The Labute approximate surface area is 110 Å². The molecule has 0 aliphatic heterocycles. The van der Waals surface area contributed by atoms with Crippen LogP contribution in [0.2, 0.25) is 0 Å². The Kier molecular flexibility index (Phi) is 2.64. The summed E-state index contributed by atoms with van der Waals surface area (Å²) in [5, 5.41) is 0. The van der Waals surface area contributed by atoms with E-state index in [9.17, 15) is 0 Å². The van der Waals surface area contributed by atoms with Crippen molar-refractivity contribution in [1.29, 1.82) is 0 Å². The van der Waals surface area contributed by atoms with E-state index in [2.05, 4.69) is 71.4 Å². The number of rotatable bonds is 1. The quantitative estimate of drug-likeness (QED) is 0.685. The van der Waals surface area contributed by atoms with Gasteiger partial charge in [0, 0.05) is 4.47 Å². The van der Waals surface area contributed by atoms with E-state index in [0.717, 1.165) is 6.42 Å². The molecule has 0 fully saturated rings. The third-order valence-corrected chi connectivity index (χ3v) is 3.93. The van der Waals surface area contributed by atoms with Crippen LogP contribution in [0.1, 0.15) is 18.1 Å². The highest BCUT2D eigenvalue weighted by molar-refractivity contribution is 9.10. The van der Waals surface area contributed by atoms with Crippen molar-refractivity contribution < 1.29 is 0 Å². The van der Waals surface area contributed by atoms with Gasteiger partial charge in [0.25, 0.3) is 0 Å². The highest BCUT2D eigenvalue weighted by Gasteiger charge is 2.17. The third-order valence-electron chi connectivity index (χ3n) is 3.24. The Bertz CT molecular complexity index is 594. The lowest BCUT2D eigenvalue weighted by Gasteiger charge is -2.10. The molecular weight excluding hydrogens is 272 g/mol. The first-order valence-electron chi connectivity index (χ1n) is 5.79. The van der Waals surface area contributed by atoms with Crippen LogP contribution in [0, 0.1) is 0 Å². The molecule has 0 nitrogen and oxygen atoms in total. The zero-order valence-corrected chi connectivity index (χ0v) is 11.3. The molecule has 0 spiro atoms. The first kappa shape index (κ1) is 10.8. The Morgan fingerprint density at radius 1 is 1.00 bits per heavy atom. The first-order chi connectivity index (χ1) is 8.25. The van der Waals surface area contributed by atoms with E-state index in [1.165, 1.54) is 32.3 Å². The van der Waals surface area contributed by atoms with Gasteiger partial charge in [-0.2, -0.15) is 0 Å². The van der Waals surface area contributed by atoms with Crippen LogP contribution in [0.25, 0.3) is 17.2 Å². The second kappa shape index (κ2) is 4.15. The summed E-state index contributed by atoms with van der Waals surface area (Å²) in [6.07, 6.45) is 3.35. The minimum Gasteiger partial charge on any atom is -0.0682 e. The predicted octanol–water partition coefficient (Wildman–Crippen LogP) is 5.08. The van der Waals surface area contributed by atoms with E-state index >= 15 is 0 Å². The summed E-state index contributed by atoms with van der Waals surface area (Å²) < 4.78 is 1.20. The molecule has 3 rings (SSSR count). The molecule has 0 heterocycles. The Balaban J connectivity index is 2.20. The fourth-order valence-corrected chi connectivity index (χ4v) is 2.93. The standard InChI is InChI=1S/C16H13Br/c1-11-9-14-13(12-5-3-2-4-6-12)7-8-16(17)15(14)10-11/h2-8,10H,9H2,1H3. The molecule has 2 aromatic rings. The van der Waals surface area contributed by atoms with Gasteiger partial charge < -0.3 is 0 Å². The second-order valence-electron chi connectivity index (χ2n) is 4.52. The maximum Gasteiger partial charge on any atom is 0.0251 e. The van der Waals surface area contributed by atoms with Gasteiger partial charge in [0.2, 0.25) is 0 Å². The minimum absolute atomic E-state index is 1.07. The molecule has 0 N–H and O–H groups in total. The molecule has 0 bridgehead atoms. The second-order valence-corrected chi connectivity index (χ2v) is 5.38. The van der Waals surface area contributed by atoms with Gasteiger partial charge in [-0.1, -0.05) is 64.0 Å². The van der Waals surface area contributed by atoms with Crippen LogP contribution in [0.3, 0.4) is 0 Å². The average Bonchev–Trinajstić information content (AvgIpc) is 2.73. The van der Waals surface area contributed by atoms with Crippen molar-refractivity contribution in [2.45, 2.75) is 13.3 Å². The Morgan fingerprint density at radius 3 is 2.53 bits per heavy atom. The van der Waals surface area contributed by atoms with Gasteiger partial charge in [-0.25, -0.2) is 0 Å². The van der Waals surface area contributed by atoms with E-state index in [1.807, 2.05) is 0 Å². The van der Waals surface area contributed by atoms with E-state index in [-0.39, 0.29) is 0 Å². The molecule has 84 valence electrons. The summed E-state index contributed by atoms with van der Waals surface area (Å²) in [6, 6.07) is 15.0. The van der Waals surface area contributed by atoms with Crippen molar-refractivity contribution in [3.05, 3.63) is 63.6 Å². The maximum atomic E-state index is 3.64. The van der Waals surface area contributed by atoms with Crippen LogP contribution in [-0.4, -0.2) is 0 Å². The van der Waals surface area contributed by atoms with Crippen LogP contribution < -0.4 is 0 Å². The average molecular weight is 285 g/mol. The van der Waals surface area contributed by atoms with Gasteiger partial charge in [-0.3, -0.25) is 0 Å². The summed E-state index contributed by atoms with van der Waals surface area (Å²) in [7, 11) is 0. The van der Waals surface area contributed by atoms with Gasteiger partial charge in [0.1, 0.15) is 0 Å². The third kappa shape index (κ3) is 1.85. The number of halogens is 1. The number of allylic oxidation sites excluding steroid dienone is 1. The lowest BCUT2D eigenvalue weighted by Crippen LogP contribution is -1.90. The molecule has 2 aromatic carbocycles. The van der Waals surface area contributed by atoms with Gasteiger partial charge in [0.15, 0.2) is 0 Å². The fourth-order valence-electron chi connectivity index (χ4n) is 2.45. The monoisotopic (exact) mass is 284 g/mol. The van der Waals surface area contributed by atoms with E-state index in [1.54, 1.807) is 0 Å². The van der Waals surface area contributed by atoms with E-state index < -0.39 is 0 Å². The van der Waals surface area contributed by atoms with Gasteiger partial charge in [-0.05, 0) is 41.7 Å². The van der Waals surface area contributed by atoms with Crippen molar-refractivity contribution in [3.8, 4) is 11.1 Å². The summed E-state index contributed by atoms with van der Waals surface area (Å²) in [4.78, 5) is 0. The van der Waals surface area contributed by atoms with Crippen LogP contribution in [0.5, 0.6) is 0 Å². The van der Waals surface area contributed by atoms with Gasteiger partial charge >= 0.3 is 0 Å². The van der Waals surface area contributed by atoms with E-state index in [4.69, 9.17) is 0 Å². The minimum atomic E-state index is 1.07. The predicted molar refractivity (Wildman–Crippen MR) is 76.9 cm³/mol. The maximum absolute atomic E-state index is 3.64. The normalized spacial score (nSPS) is 13.4. The number of hydrogen-bond donors (Lipinski definition) is 0. The van der Waals surface area contributed by atoms with Crippen LogP contribution >= 0.6 is 15.9 Å². The molecule has 0 unspecified atom stereocenters. The zero-order valence-electron chi connectivity index (χ0n) is 9.70. The molecule has 17 heavy (non-hydrogen) atoms. The number of fused-ring (bicyclic) bond motifs is 1. The molecule has 0 saturated carbocycles. The van der Waals surface area contributed by atoms with Gasteiger partial charge in [-0.15, -0.1) is 0 Å². The van der Waals surface area contributed by atoms with Crippen LogP contribution in [0.15, 0.2) is 52.5 Å². The van der Waals surface area contributed by atoms with Crippen molar-refractivity contribution in [2.24, 2.45) is 0 Å². The Hall–Kier alpha value is -1.34. The van der Waals surface area contributed by atoms with Gasteiger partial charge in [0.05, 0.1) is 0 Å². The summed E-state index contributed by atoms with van der Waals surface area (Å²) in [5.41, 5.74) is 6.90. The number of hydrogen-bond acceptors (Lipinski definition) is 0. The van der Waals surface area contributed by atoms with Crippen LogP contribution in [-0.2, 0) is 6.42 Å². The molecule has 1 aliphatic carbocycles. The fraction of sp³-hybridized carbons (Fsp3) is 0.125. The smallest absolute Gasteiger partial charge is 0.0251 e. The lowest BCUT2D eigenvalue weighted by atomic mass is 9.96. The van der Waals surface area contributed by atoms with Crippen molar-refractivity contribution >= 4 is 22.0 Å². The lowest BCUT2D eigenvalue weighted by molar-refractivity contribution is 1.19. The molecule has 0 atom stereocenters. The summed E-state index contributed by atoms with van der Waals surface area (Å²) >= 11 is 3.64. The highest BCUT2D eigenvalue weighted by Crippen LogP contribution is 2.37. The topological polar surface area (TPSA) is 0 Å². The van der Waals surface area contributed by atoms with Crippen molar-refractivity contribution in [2.75, 3.05) is 0 Å². The van der Waals surface area contributed by atoms with Crippen LogP contribution in [0.4, 0.5) is 0 Å². The van der Waals surface area contributed by atoms with E-state index in [0.29, 0.717) is 0 Å². The Morgan fingerprint density at radius 2 is 1.76 bits per heavy atom. The molecule has 0 radical (unpaired) electrons. The first-order valence-corrected chi connectivity index (χ1v) is 6.59. The summed E-state index contributed by atoms with van der Waals surface area (Å²) in [5.74, 6) is 0. The van der Waals surface area contributed by atoms with Crippen molar-refractivity contribution in [1.82, 2.24) is 0 Å². The SMILES string of the molecule is CC1=Cc2c(Br)ccc(-c3ccccc3)c2C1. The van der Waals surface area contributed by atoms with Crippen molar-refractivity contribution in [3.63, 3.8) is 0 Å². The highest BCUT2D eigenvalue weighted by atomic mass is 79.9. The zero-order chi connectivity index (χ0) is 11.8. The molecule has 1 heteroatoms. The molecular formula is C16H13Br. The summed E-state index contributed by atoms with van der Waals surface area (Å²) in [6.45, 7) is 2.20. The number of benzene rings is 2. The molecule has 1 aliphatic rings. The largest absolute Gasteiger partial charge is 0.0682 e. The molecule has 0 amide bonds.